The summed E-state index contributed by atoms with van der Waals surface area (Å²) in [4.78, 5) is 11.0. The highest BCUT2D eigenvalue weighted by Gasteiger charge is 2.43. The van der Waals surface area contributed by atoms with E-state index in [0.29, 0.717) is 5.02 Å². The molecule has 7 heteroatoms. The number of nitrogens with one attached hydrogen (secondary N) is 1. The zero-order valence-corrected chi connectivity index (χ0v) is 17.5. The second-order valence-electron chi connectivity index (χ2n) is 8.44. The van der Waals surface area contributed by atoms with Crippen molar-refractivity contribution in [3.05, 3.63) is 41.8 Å². The molecule has 0 radical (unpaired) electrons. The predicted octanol–water partition coefficient (Wildman–Crippen LogP) is 4.37. The lowest BCUT2D eigenvalue weighted by Crippen LogP contribution is -2.35. The van der Waals surface area contributed by atoms with Gasteiger partial charge in [0.1, 0.15) is 0 Å². The molecule has 2 aromatic heterocycles. The van der Waals surface area contributed by atoms with Gasteiger partial charge in [-0.1, -0.05) is 11.6 Å². The van der Waals surface area contributed by atoms with Gasteiger partial charge in [-0.15, -0.1) is 0 Å². The van der Waals surface area contributed by atoms with Crippen LogP contribution in [-0.4, -0.2) is 39.4 Å². The molecule has 29 heavy (non-hydrogen) atoms. The summed E-state index contributed by atoms with van der Waals surface area (Å²) in [5.74, 6) is 3.46. The summed E-state index contributed by atoms with van der Waals surface area (Å²) in [6.07, 6.45) is 10.5. The van der Waals surface area contributed by atoms with Gasteiger partial charge in [0.2, 0.25) is 5.95 Å². The van der Waals surface area contributed by atoms with Gasteiger partial charge in [0.25, 0.3) is 0 Å². The topological polar surface area (TPSA) is 58.9 Å². The summed E-state index contributed by atoms with van der Waals surface area (Å²) in [6, 6.07) is 6.49. The highest BCUT2D eigenvalue weighted by molar-refractivity contribution is 6.30. The van der Waals surface area contributed by atoms with Gasteiger partial charge < -0.3 is 10.2 Å². The first-order valence-electron chi connectivity index (χ1n) is 10.6. The van der Waals surface area contributed by atoms with Crippen molar-refractivity contribution in [1.29, 1.82) is 0 Å². The van der Waals surface area contributed by atoms with Gasteiger partial charge in [-0.2, -0.15) is 5.10 Å². The molecule has 5 rings (SSSR count). The van der Waals surface area contributed by atoms with Crippen LogP contribution < -0.4 is 10.2 Å². The number of hydrogen-bond acceptors (Lipinski definition) is 5. The molecule has 1 saturated carbocycles. The summed E-state index contributed by atoms with van der Waals surface area (Å²) in [5, 5.41) is 9.71. The first-order valence-corrected chi connectivity index (χ1v) is 10.9. The lowest BCUT2D eigenvalue weighted by Gasteiger charge is -2.32. The molecule has 0 bridgehead atoms. The molecule has 6 nitrogen and oxygen atoms in total. The number of aromatic nitrogens is 4. The van der Waals surface area contributed by atoms with Crippen molar-refractivity contribution in [2.75, 3.05) is 29.9 Å². The molecule has 1 aliphatic carbocycles. The average Bonchev–Trinajstić information content (AvgIpc) is 3.43. The molecule has 2 aliphatic rings. The molecule has 2 fully saturated rings. The molecule has 3 aromatic rings. The molecule has 1 saturated heterocycles. The third kappa shape index (κ3) is 4.04. The molecule has 1 N–H and O–H groups in total. The van der Waals surface area contributed by atoms with E-state index >= 15 is 0 Å². The molecule has 0 spiro atoms. The molecule has 1 aromatic carbocycles. The van der Waals surface area contributed by atoms with Crippen LogP contribution in [0.5, 0.6) is 0 Å². The lowest BCUT2D eigenvalue weighted by molar-refractivity contribution is 0.343. The summed E-state index contributed by atoms with van der Waals surface area (Å²) in [5.41, 5.74) is 2.37. The van der Waals surface area contributed by atoms with Crippen molar-refractivity contribution in [3.8, 4) is 0 Å². The van der Waals surface area contributed by atoms with Crippen LogP contribution in [0.25, 0.3) is 10.9 Å². The van der Waals surface area contributed by atoms with Crippen LogP contribution in [0.15, 0.2) is 36.8 Å². The smallest absolute Gasteiger partial charge is 0.225 e. The fourth-order valence-electron chi connectivity index (χ4n) is 4.85. The van der Waals surface area contributed by atoms with Crippen molar-refractivity contribution in [3.63, 3.8) is 0 Å². The zero-order chi connectivity index (χ0) is 19.8. The normalized spacial score (nSPS) is 22.2. The van der Waals surface area contributed by atoms with Crippen LogP contribution in [0, 0.1) is 17.8 Å². The molecule has 0 amide bonds. The minimum atomic E-state index is 0.596. The quantitative estimate of drug-likeness (QED) is 0.653. The molecular weight excluding hydrogens is 384 g/mol. The van der Waals surface area contributed by atoms with E-state index in [1.54, 1.807) is 12.4 Å². The van der Waals surface area contributed by atoms with Gasteiger partial charge in [-0.3, -0.25) is 4.68 Å². The Morgan fingerprint density at radius 3 is 2.72 bits per heavy atom. The van der Waals surface area contributed by atoms with Crippen LogP contribution in [0.4, 0.5) is 11.6 Å². The minimum absolute atomic E-state index is 0.596. The Bertz CT molecular complexity index is 977. The van der Waals surface area contributed by atoms with E-state index in [2.05, 4.69) is 43.5 Å². The number of halogens is 1. The lowest BCUT2D eigenvalue weighted by atomic mass is 9.90. The van der Waals surface area contributed by atoms with Gasteiger partial charge >= 0.3 is 0 Å². The number of rotatable bonds is 6. The Labute approximate surface area is 176 Å². The van der Waals surface area contributed by atoms with Crippen molar-refractivity contribution < 1.29 is 0 Å². The number of benzene rings is 1. The average molecular weight is 411 g/mol. The fourth-order valence-corrected chi connectivity index (χ4v) is 4.95. The van der Waals surface area contributed by atoms with Gasteiger partial charge in [0, 0.05) is 37.8 Å². The number of hydrogen-bond donors (Lipinski definition) is 1. The Morgan fingerprint density at radius 2 is 1.93 bits per heavy atom. The molecular formula is C22H27ClN6. The number of piperidine rings is 1. The zero-order valence-electron chi connectivity index (χ0n) is 16.8. The maximum Gasteiger partial charge on any atom is 0.225 e. The van der Waals surface area contributed by atoms with Crippen molar-refractivity contribution in [2.24, 2.45) is 24.8 Å². The Balaban J connectivity index is 1.06. The first kappa shape index (κ1) is 18.7. The summed E-state index contributed by atoms with van der Waals surface area (Å²) in [7, 11) is 1.98. The SMILES string of the molecule is Cn1ncc2cc(NCC[C@@H]3C[C@@H]3C3CCN(c4ncc(Cl)cn4)CC3)ccc21. The molecule has 2 atom stereocenters. The van der Waals surface area contributed by atoms with E-state index in [9.17, 15) is 0 Å². The monoisotopic (exact) mass is 410 g/mol. The van der Waals surface area contributed by atoms with Crippen LogP contribution in [-0.2, 0) is 7.05 Å². The Kier molecular flexibility index (Phi) is 5.04. The van der Waals surface area contributed by atoms with Crippen LogP contribution in [0.3, 0.4) is 0 Å². The molecule has 152 valence electrons. The molecule has 0 unspecified atom stereocenters. The number of nitrogens with zero attached hydrogens (tertiary/aromatic N) is 5. The Morgan fingerprint density at radius 1 is 1.14 bits per heavy atom. The first-order chi connectivity index (χ1) is 14.2. The third-order valence-electron chi connectivity index (χ3n) is 6.60. The van der Waals surface area contributed by atoms with Crippen molar-refractivity contribution >= 4 is 34.1 Å². The summed E-state index contributed by atoms with van der Waals surface area (Å²) >= 11 is 5.89. The van der Waals surface area contributed by atoms with E-state index in [-0.39, 0.29) is 0 Å². The van der Waals surface area contributed by atoms with Gasteiger partial charge in [-0.05, 0) is 61.6 Å². The van der Waals surface area contributed by atoms with E-state index in [0.717, 1.165) is 43.3 Å². The fraction of sp³-hybridized carbons (Fsp3) is 0.500. The van der Waals surface area contributed by atoms with Gasteiger partial charge in [0.15, 0.2) is 0 Å². The van der Waals surface area contributed by atoms with Crippen molar-refractivity contribution in [2.45, 2.75) is 25.7 Å². The predicted molar refractivity (Wildman–Crippen MR) is 117 cm³/mol. The summed E-state index contributed by atoms with van der Waals surface area (Å²) < 4.78 is 1.91. The maximum atomic E-state index is 5.89. The highest BCUT2D eigenvalue weighted by atomic mass is 35.5. The second-order valence-corrected chi connectivity index (χ2v) is 8.88. The van der Waals surface area contributed by atoms with E-state index < -0.39 is 0 Å². The number of fused-ring (bicyclic) bond motifs is 1. The molecule has 1 aliphatic heterocycles. The van der Waals surface area contributed by atoms with Crippen LogP contribution >= 0.6 is 11.6 Å². The number of aryl methyl sites for hydroxylation is 1. The largest absolute Gasteiger partial charge is 0.385 e. The second kappa shape index (κ2) is 7.82. The van der Waals surface area contributed by atoms with E-state index in [4.69, 9.17) is 11.6 Å². The highest BCUT2D eigenvalue weighted by Crippen LogP contribution is 2.49. The number of anilines is 2. The third-order valence-corrected chi connectivity index (χ3v) is 6.80. The van der Waals surface area contributed by atoms with Crippen molar-refractivity contribution in [1.82, 2.24) is 19.7 Å². The van der Waals surface area contributed by atoms with Gasteiger partial charge in [-0.25, -0.2) is 9.97 Å². The van der Waals surface area contributed by atoms with E-state index in [1.165, 1.54) is 42.3 Å². The van der Waals surface area contributed by atoms with E-state index in [1.807, 2.05) is 17.9 Å². The maximum absolute atomic E-state index is 5.89. The summed E-state index contributed by atoms with van der Waals surface area (Å²) in [6.45, 7) is 3.15. The van der Waals surface area contributed by atoms with Gasteiger partial charge in [0.05, 0.1) is 29.1 Å². The Hall–Kier alpha value is -2.34. The van der Waals surface area contributed by atoms with Crippen LogP contribution in [0.1, 0.15) is 25.7 Å². The van der Waals surface area contributed by atoms with Crippen LogP contribution in [0.2, 0.25) is 5.02 Å². The minimum Gasteiger partial charge on any atom is -0.385 e. The molecule has 3 heterocycles. The standard InChI is InChI=1S/C22H27ClN6/c1-28-21-3-2-19(10-17(21)12-27-28)24-7-4-16-11-20(16)15-5-8-29(9-6-15)22-25-13-18(23)14-26-22/h2-3,10,12-16,20,24H,4-9,11H2,1H3/t16-,20-/m1/s1.